The highest BCUT2D eigenvalue weighted by molar-refractivity contribution is 5.91. The molecule has 40 heteroatoms. The molecular formula is C69H101N15O25. The molecule has 0 saturated carbocycles. The number of rotatable bonds is 25. The Hall–Kier alpha value is -9.17. The Morgan fingerprint density at radius 3 is 1.46 bits per heavy atom. The Labute approximate surface area is 626 Å². The van der Waals surface area contributed by atoms with Crippen molar-refractivity contribution >= 4 is 53.2 Å². The van der Waals surface area contributed by atoms with Gasteiger partial charge in [0.25, 0.3) is 0 Å². The van der Waals surface area contributed by atoms with Crippen molar-refractivity contribution in [3.05, 3.63) is 120 Å². The molecule has 0 spiro atoms. The first kappa shape index (κ1) is 90.4. The third-order valence-electron chi connectivity index (χ3n) is 17.7. The first-order valence-electron chi connectivity index (χ1n) is 34.4. The average molecular weight is 1540 g/mol. The van der Waals surface area contributed by atoms with Gasteiger partial charge in [-0.25, -0.2) is 0 Å². The molecule has 9 amide bonds. The van der Waals surface area contributed by atoms with Gasteiger partial charge in [-0.2, -0.15) is 0 Å². The van der Waals surface area contributed by atoms with E-state index in [2.05, 4.69) is 42.8 Å². The molecular weight excluding hydrogens is 1440 g/mol. The maximum Gasteiger partial charge on any atom is 0.249 e. The maximum absolute atomic E-state index is 13.8. The SMILES string of the molecule is C#CCN1C(=O)C(NC(C)=O)[C@H](OCc2ccccc2)[C@H](OCc2ccccc2)C1COCc1ccccc1.CC(=O)NC1C(=O)N(CCN)C(CO)[C@@H](O)[C@@H]1O.CC(=O)NC1C(=O)N(Cc2cn(CCN)nn2)C(CO)[C@@H](O)[C@@H]1O.CC(=O)NC1C(=O)NC(O)(CO)[C@@H](O)[C@@H]1O.NC1C(=O)NC(CO)[C@@H](O)[C@@H]1O. The van der Waals surface area contributed by atoms with Gasteiger partial charge >= 0.3 is 0 Å². The zero-order valence-corrected chi connectivity index (χ0v) is 60.3. The Morgan fingerprint density at radius 1 is 0.550 bits per heavy atom. The van der Waals surface area contributed by atoms with Gasteiger partial charge in [-0.15, -0.1) is 11.5 Å². The van der Waals surface area contributed by atoms with Crippen LogP contribution in [-0.2, 0) is 90.3 Å². The standard InChI is InChI=1S/C32H34N2O5.C13H22N6O5.C10H19N3O5.C8H14N2O6.C6H12N2O4/c1-3-19-34-28(23-37-20-25-13-7-4-8-14-25)30(38-21-26-15-9-5-10-16-26)31(29(32(34)36)33-24(2)35)39-22-27-17-11-6-12-18-27;1-7(21)15-10-12(23)11(22)9(6-20)19(13(10)24)5-8-4-18(3-2-14)17-16-8;1-5(15)12-7-9(17)8(16)6(4-14)13(3-2-11)10(7)18;1-3(12)9-4-5(13)6(14)8(16,2-11)10-7(4)15;7-3-5(11)4(10)2(1-9)8-6(3)12/h1,4-18,28-31H,19-23H2,2H3,(H,33,35);4,9-12,20,22-23H,2-3,5-6,14H2,1H3,(H,15,21);6-9,14,16-17H,2-4,11H2,1H3,(H,12,15);4-6,11,13-14,16H,2H2,1H3,(H,9,12)(H,10,15);2-5,9-11H,1,7H2,(H,8,12)/t28?,29?,30-,31+;9?,10?,11-,12-;6?,7?,8-,9-;4?,5-,6+,8?;2?,3?,4-,5-/m11111/s1. The highest BCUT2D eigenvalue weighted by atomic mass is 16.5. The molecule has 10 unspecified atom stereocenters. The van der Waals surface area contributed by atoms with E-state index in [1.54, 1.807) is 11.1 Å². The van der Waals surface area contributed by atoms with Crippen molar-refractivity contribution < 1.29 is 124 Å². The van der Waals surface area contributed by atoms with E-state index in [0.717, 1.165) is 23.6 Å². The minimum atomic E-state index is -2.30. The molecule has 5 aliphatic heterocycles. The fraction of sp³-hybridized carbons (Fsp3) is 0.551. The fourth-order valence-electron chi connectivity index (χ4n) is 12.1. The average Bonchev–Trinajstić information content (AvgIpc) is 0.952. The molecule has 0 bridgehead atoms. The minimum Gasteiger partial charge on any atom is -0.394 e. The number of aliphatic hydroxyl groups is 13. The third-order valence-corrected chi connectivity index (χ3v) is 17.7. The van der Waals surface area contributed by atoms with Gasteiger partial charge in [0, 0.05) is 47.3 Å². The van der Waals surface area contributed by atoms with Gasteiger partial charge in [0.05, 0.1) is 103 Å². The van der Waals surface area contributed by atoms with E-state index < -0.39 is 189 Å². The van der Waals surface area contributed by atoms with Crippen LogP contribution in [-0.4, -0.2) is 330 Å². The third kappa shape index (κ3) is 24.9. The number of nitrogens with zero attached hydrogens (tertiary/aromatic N) is 6. The van der Waals surface area contributed by atoms with Crippen molar-refractivity contribution in [1.29, 1.82) is 0 Å². The number of nitrogens with one attached hydrogen (secondary N) is 6. The number of benzene rings is 3. The van der Waals surface area contributed by atoms with Crippen LogP contribution in [0.15, 0.2) is 97.2 Å². The first-order chi connectivity index (χ1) is 51.8. The van der Waals surface area contributed by atoms with Crippen LogP contribution in [0.3, 0.4) is 0 Å². The molecule has 1 aromatic heterocycles. The topological polar surface area (TPSA) is 635 Å². The summed E-state index contributed by atoms with van der Waals surface area (Å²) in [4.78, 5) is 110. The lowest BCUT2D eigenvalue weighted by Gasteiger charge is -2.47. The molecule has 9 rings (SSSR count). The number of hydrogen-bond donors (Lipinski definition) is 22. The minimum absolute atomic E-state index is 0.0332. The number of piperidine rings is 5. The largest absolute Gasteiger partial charge is 0.394 e. The molecule has 0 radical (unpaired) electrons. The number of carbonyl (C=O) groups excluding carboxylic acids is 9. The number of nitrogens with two attached hydrogens (primary N) is 3. The van der Waals surface area contributed by atoms with Crippen LogP contribution in [0.1, 0.15) is 50.1 Å². The quantitative estimate of drug-likeness (QED) is 0.0274. The van der Waals surface area contributed by atoms with E-state index in [1.807, 2.05) is 96.3 Å². The number of likely N-dealkylation sites (tertiary alicyclic amines) is 3. The van der Waals surface area contributed by atoms with E-state index in [4.69, 9.17) is 53.2 Å². The summed E-state index contributed by atoms with van der Waals surface area (Å²) in [7, 11) is 0. The van der Waals surface area contributed by atoms with Gasteiger partial charge in [0.2, 0.25) is 53.2 Å². The molecule has 6 heterocycles. The summed E-state index contributed by atoms with van der Waals surface area (Å²) in [6.45, 7) is 4.72. The summed E-state index contributed by atoms with van der Waals surface area (Å²) < 4.78 is 20.5. The molecule has 602 valence electrons. The van der Waals surface area contributed by atoms with E-state index in [9.17, 15) is 94.2 Å². The first-order valence-corrected chi connectivity index (χ1v) is 34.4. The molecule has 109 heavy (non-hydrogen) atoms. The summed E-state index contributed by atoms with van der Waals surface area (Å²) >= 11 is 0. The van der Waals surface area contributed by atoms with Crippen molar-refractivity contribution in [2.24, 2.45) is 17.2 Å². The number of carbonyl (C=O) groups is 9. The van der Waals surface area contributed by atoms with Crippen LogP contribution < -0.4 is 49.1 Å². The van der Waals surface area contributed by atoms with E-state index in [0.29, 0.717) is 25.4 Å². The Kier molecular flexibility index (Phi) is 36.4. The van der Waals surface area contributed by atoms with Crippen molar-refractivity contribution in [3.8, 4) is 12.3 Å². The Morgan fingerprint density at radius 2 is 1.00 bits per heavy atom. The maximum atomic E-state index is 13.8. The number of aromatic nitrogens is 3. The van der Waals surface area contributed by atoms with Crippen molar-refractivity contribution in [3.63, 3.8) is 0 Å². The second-order valence-electron chi connectivity index (χ2n) is 25.8. The van der Waals surface area contributed by atoms with Crippen LogP contribution in [0.5, 0.6) is 0 Å². The van der Waals surface area contributed by atoms with Gasteiger partial charge in [-0.05, 0) is 16.7 Å². The molecule has 5 aliphatic rings. The lowest BCUT2D eigenvalue weighted by atomic mass is 9.90. The fourth-order valence-corrected chi connectivity index (χ4v) is 12.1. The molecule has 0 aliphatic carbocycles. The van der Waals surface area contributed by atoms with Gasteiger partial charge in [0.15, 0.2) is 5.72 Å². The van der Waals surface area contributed by atoms with Gasteiger partial charge in [-0.3, -0.25) is 47.8 Å². The molecule has 20 atom stereocenters. The monoisotopic (exact) mass is 1540 g/mol. The summed E-state index contributed by atoms with van der Waals surface area (Å²) in [5.74, 6) is -2.29. The predicted octanol–water partition coefficient (Wildman–Crippen LogP) is -11.2. The lowest BCUT2D eigenvalue weighted by molar-refractivity contribution is -0.195. The molecule has 5 saturated heterocycles. The highest BCUT2D eigenvalue weighted by Gasteiger charge is 2.54. The summed E-state index contributed by atoms with van der Waals surface area (Å²) in [6, 6.07) is 20.0. The van der Waals surface area contributed by atoms with E-state index in [1.165, 1.54) is 35.3 Å². The summed E-state index contributed by atoms with van der Waals surface area (Å²) in [5.41, 5.74) is 17.1. The van der Waals surface area contributed by atoms with E-state index in [-0.39, 0.29) is 57.8 Å². The van der Waals surface area contributed by atoms with Crippen molar-refractivity contribution in [1.82, 2.24) is 61.6 Å². The van der Waals surface area contributed by atoms with Crippen molar-refractivity contribution in [2.45, 2.75) is 182 Å². The second-order valence-corrected chi connectivity index (χ2v) is 25.8. The van der Waals surface area contributed by atoms with Crippen LogP contribution in [0.25, 0.3) is 0 Å². The molecule has 5 fully saturated rings. The zero-order chi connectivity index (χ0) is 81.0. The number of terminal acetylenes is 1. The molecule has 25 N–H and O–H groups in total. The van der Waals surface area contributed by atoms with Crippen LogP contribution in [0, 0.1) is 12.3 Å². The zero-order valence-electron chi connectivity index (χ0n) is 60.3. The summed E-state index contributed by atoms with van der Waals surface area (Å²) in [6.07, 6.45) is -5.85. The van der Waals surface area contributed by atoms with Crippen LogP contribution in [0.2, 0.25) is 0 Å². The van der Waals surface area contributed by atoms with Gasteiger partial charge in [0.1, 0.15) is 96.9 Å². The molecule has 40 nitrogen and oxygen atoms in total. The number of aliphatic hydroxyl groups excluding tert-OH is 12. The van der Waals surface area contributed by atoms with Crippen LogP contribution >= 0.6 is 0 Å². The smallest absolute Gasteiger partial charge is 0.249 e. The summed E-state index contributed by atoms with van der Waals surface area (Å²) in [5, 5.41) is 144. The Balaban J connectivity index is 0.000000261. The molecule has 3 aromatic carbocycles. The van der Waals surface area contributed by atoms with Crippen LogP contribution in [0.4, 0.5) is 0 Å². The predicted molar refractivity (Wildman–Crippen MR) is 378 cm³/mol. The Bertz CT molecular complexity index is 3610. The molecule has 4 aromatic rings. The normalized spacial score (nSPS) is 29.3. The number of hydrogen-bond acceptors (Lipinski definition) is 30. The number of amides is 9. The van der Waals surface area contributed by atoms with Crippen molar-refractivity contribution in [2.75, 3.05) is 59.2 Å². The van der Waals surface area contributed by atoms with Gasteiger partial charge < -0.3 is 144 Å². The lowest BCUT2D eigenvalue weighted by Crippen LogP contribution is -2.74. The highest BCUT2D eigenvalue weighted by Crippen LogP contribution is 2.29. The second kappa shape index (κ2) is 43.9. The van der Waals surface area contributed by atoms with E-state index >= 15 is 0 Å². The van der Waals surface area contributed by atoms with Gasteiger partial charge in [-0.1, -0.05) is 102 Å². The number of ether oxygens (including phenoxy) is 3.